The molecule has 4 aromatic rings. The van der Waals surface area contributed by atoms with Crippen molar-refractivity contribution in [3.8, 4) is 22.6 Å². The van der Waals surface area contributed by atoms with Gasteiger partial charge < -0.3 is 25.0 Å². The molecule has 226 valence electrons. The molecule has 0 radical (unpaired) electrons. The first-order valence-electron chi connectivity index (χ1n) is 14.8. The van der Waals surface area contributed by atoms with E-state index in [1.807, 2.05) is 42.5 Å². The van der Waals surface area contributed by atoms with Crippen LogP contribution in [0.1, 0.15) is 57.5 Å². The normalized spacial score (nSPS) is 15.8. The predicted octanol–water partition coefficient (Wildman–Crippen LogP) is 6.63. The van der Waals surface area contributed by atoms with Gasteiger partial charge in [0.25, 0.3) is 5.91 Å². The lowest BCUT2D eigenvalue weighted by Crippen LogP contribution is -2.33. The minimum Gasteiger partial charge on any atom is -0.493 e. The first kappa shape index (κ1) is 30.4. The van der Waals surface area contributed by atoms with Gasteiger partial charge in [0.05, 0.1) is 23.7 Å². The molecule has 0 unspecified atom stereocenters. The number of carbonyl (C=O) groups excluding carboxylic acids is 1. The van der Waals surface area contributed by atoms with Crippen LogP contribution < -0.4 is 14.8 Å². The van der Waals surface area contributed by atoms with E-state index in [2.05, 4.69) is 41.7 Å². The first-order chi connectivity index (χ1) is 21.4. The average molecular weight is 594 g/mol. The van der Waals surface area contributed by atoms with Crippen molar-refractivity contribution in [3.05, 3.63) is 119 Å². The molecule has 5 rings (SSSR count). The number of ether oxygens (including phenoxy) is 2. The summed E-state index contributed by atoms with van der Waals surface area (Å²) in [7, 11) is 0. The lowest BCUT2D eigenvalue weighted by atomic mass is 10.0. The Balaban J connectivity index is 1.10. The Kier molecular flexibility index (Phi) is 9.92. The molecule has 3 N–H and O–H groups in total. The fourth-order valence-corrected chi connectivity index (χ4v) is 5.37. The molecule has 0 bridgehead atoms. The van der Waals surface area contributed by atoms with Crippen molar-refractivity contribution < 1.29 is 34.1 Å². The van der Waals surface area contributed by atoms with Crippen molar-refractivity contribution in [1.82, 2.24) is 5.32 Å². The minimum absolute atomic E-state index is 0.0242. The molecule has 0 aliphatic heterocycles. The largest absolute Gasteiger partial charge is 0.493 e. The van der Waals surface area contributed by atoms with Gasteiger partial charge in [0.1, 0.15) is 18.1 Å². The maximum atomic E-state index is 13.0. The Labute approximate surface area is 256 Å². The predicted molar refractivity (Wildman–Crippen MR) is 166 cm³/mol. The molecular formula is C36H35NO7. The van der Waals surface area contributed by atoms with Crippen LogP contribution in [-0.4, -0.2) is 40.7 Å². The molecule has 1 amide bonds. The van der Waals surface area contributed by atoms with Gasteiger partial charge in [0.15, 0.2) is 0 Å². The summed E-state index contributed by atoms with van der Waals surface area (Å²) in [5.74, 6) is -1.90. The molecule has 1 saturated carbocycles. The summed E-state index contributed by atoms with van der Waals surface area (Å²) in [5, 5.41) is 21.5. The topological polar surface area (TPSA) is 122 Å². The molecule has 8 heteroatoms. The van der Waals surface area contributed by atoms with Gasteiger partial charge >= 0.3 is 11.9 Å². The van der Waals surface area contributed by atoms with E-state index in [9.17, 15) is 24.6 Å². The molecule has 4 aromatic carbocycles. The van der Waals surface area contributed by atoms with Crippen molar-refractivity contribution in [2.45, 2.75) is 44.8 Å². The fraction of sp³-hybridized carbons (Fsp3) is 0.250. The van der Waals surface area contributed by atoms with E-state index >= 15 is 0 Å². The summed E-state index contributed by atoms with van der Waals surface area (Å²) >= 11 is 0. The molecule has 44 heavy (non-hydrogen) atoms. The summed E-state index contributed by atoms with van der Waals surface area (Å²) in [6, 6.07) is 30.4. The zero-order valence-corrected chi connectivity index (χ0v) is 24.3. The Bertz CT molecular complexity index is 1580. The van der Waals surface area contributed by atoms with Crippen LogP contribution in [0.25, 0.3) is 11.1 Å². The van der Waals surface area contributed by atoms with Crippen LogP contribution in [0, 0.1) is 5.92 Å². The Hall–Kier alpha value is -5.11. The number of nitrogens with one attached hydrogen (secondary N) is 1. The highest BCUT2D eigenvalue weighted by atomic mass is 16.5. The second kappa shape index (κ2) is 14.4. The first-order valence-corrected chi connectivity index (χ1v) is 14.8. The minimum atomic E-state index is -1.15. The number of hydrogen-bond donors (Lipinski definition) is 3. The molecule has 1 aliphatic rings. The number of aliphatic carboxylic acids is 1. The Morgan fingerprint density at radius 2 is 1.48 bits per heavy atom. The third kappa shape index (κ3) is 8.04. The SMILES string of the molecule is O=C(O)c1ccc(OCCCc2ccc(OCc3ccc(-c4ccccc4)cc3)cc2)c(C(=O)N[C@H]2CC[C@@H](C(=O)O)C2)c1. The molecule has 1 aliphatic carbocycles. The highest BCUT2D eigenvalue weighted by Gasteiger charge is 2.31. The van der Waals surface area contributed by atoms with E-state index in [0.717, 1.165) is 23.3 Å². The third-order valence-electron chi connectivity index (χ3n) is 7.85. The maximum absolute atomic E-state index is 13.0. The Morgan fingerprint density at radius 3 is 2.16 bits per heavy atom. The summed E-state index contributed by atoms with van der Waals surface area (Å²) < 4.78 is 11.9. The zero-order chi connectivity index (χ0) is 30.9. The van der Waals surface area contributed by atoms with Gasteiger partial charge in [-0.25, -0.2) is 4.79 Å². The number of amides is 1. The van der Waals surface area contributed by atoms with E-state index in [0.29, 0.717) is 44.6 Å². The highest BCUT2D eigenvalue weighted by molar-refractivity contribution is 6.00. The van der Waals surface area contributed by atoms with E-state index in [-0.39, 0.29) is 17.2 Å². The van der Waals surface area contributed by atoms with Crippen LogP contribution >= 0.6 is 0 Å². The van der Waals surface area contributed by atoms with E-state index in [1.165, 1.54) is 29.3 Å². The van der Waals surface area contributed by atoms with Crippen molar-refractivity contribution in [1.29, 1.82) is 0 Å². The monoisotopic (exact) mass is 593 g/mol. The number of rotatable bonds is 13. The second-order valence-corrected chi connectivity index (χ2v) is 11.0. The van der Waals surface area contributed by atoms with E-state index < -0.39 is 23.8 Å². The van der Waals surface area contributed by atoms with Gasteiger partial charge in [-0.1, -0.05) is 66.7 Å². The smallest absolute Gasteiger partial charge is 0.335 e. The van der Waals surface area contributed by atoms with Crippen LogP contribution in [0.4, 0.5) is 0 Å². The summed E-state index contributed by atoms with van der Waals surface area (Å²) in [5.41, 5.74) is 4.65. The Morgan fingerprint density at radius 1 is 0.773 bits per heavy atom. The van der Waals surface area contributed by atoms with Crippen LogP contribution in [0.15, 0.2) is 97.1 Å². The van der Waals surface area contributed by atoms with Crippen LogP contribution in [-0.2, 0) is 17.8 Å². The molecule has 0 heterocycles. The number of carboxylic acid groups (broad SMARTS) is 2. The summed E-state index contributed by atoms with van der Waals surface area (Å²) in [6.07, 6.45) is 2.83. The lowest BCUT2D eigenvalue weighted by molar-refractivity contribution is -0.141. The van der Waals surface area contributed by atoms with Crippen LogP contribution in [0.2, 0.25) is 0 Å². The molecule has 0 spiro atoms. The quantitative estimate of drug-likeness (QED) is 0.149. The van der Waals surface area contributed by atoms with Crippen LogP contribution in [0.3, 0.4) is 0 Å². The third-order valence-corrected chi connectivity index (χ3v) is 7.85. The van der Waals surface area contributed by atoms with E-state index in [1.54, 1.807) is 0 Å². The van der Waals surface area contributed by atoms with Crippen molar-refractivity contribution >= 4 is 17.8 Å². The molecule has 8 nitrogen and oxygen atoms in total. The van der Waals surface area contributed by atoms with Crippen molar-refractivity contribution in [2.24, 2.45) is 5.92 Å². The van der Waals surface area contributed by atoms with Gasteiger partial charge in [0, 0.05) is 6.04 Å². The summed E-state index contributed by atoms with van der Waals surface area (Å²) in [4.78, 5) is 35.8. The van der Waals surface area contributed by atoms with Gasteiger partial charge in [0.2, 0.25) is 0 Å². The van der Waals surface area contributed by atoms with Gasteiger partial charge in [-0.3, -0.25) is 9.59 Å². The molecule has 0 saturated heterocycles. The highest BCUT2D eigenvalue weighted by Crippen LogP contribution is 2.27. The summed E-state index contributed by atoms with van der Waals surface area (Å²) in [6.45, 7) is 0.800. The molecule has 1 fully saturated rings. The number of benzene rings is 4. The number of carboxylic acids is 2. The van der Waals surface area contributed by atoms with Crippen molar-refractivity contribution in [3.63, 3.8) is 0 Å². The standard InChI is InChI=1S/C36H35NO7/c38-34(37-30-16-14-28(21-30)35(39)40)32-22-29(36(41)42)15-19-33(32)43-20-4-5-24-10-17-31(18-11-24)44-23-25-8-12-27(13-9-25)26-6-2-1-3-7-26/h1-3,6-13,15,17-19,22,28,30H,4-5,14,16,20-21,23H2,(H,37,38)(H,39,40)(H,41,42)/t28-,30+/m1/s1. The molecule has 2 atom stereocenters. The average Bonchev–Trinajstić information content (AvgIpc) is 3.52. The zero-order valence-electron chi connectivity index (χ0n) is 24.3. The second-order valence-electron chi connectivity index (χ2n) is 11.0. The number of aryl methyl sites for hydroxylation is 1. The van der Waals surface area contributed by atoms with Crippen molar-refractivity contribution in [2.75, 3.05) is 6.61 Å². The maximum Gasteiger partial charge on any atom is 0.335 e. The molecular weight excluding hydrogens is 558 g/mol. The fourth-order valence-electron chi connectivity index (χ4n) is 5.37. The van der Waals surface area contributed by atoms with Gasteiger partial charge in [-0.15, -0.1) is 0 Å². The molecule has 0 aromatic heterocycles. The van der Waals surface area contributed by atoms with E-state index in [4.69, 9.17) is 9.47 Å². The number of carbonyl (C=O) groups is 3. The lowest BCUT2D eigenvalue weighted by Gasteiger charge is -2.16. The van der Waals surface area contributed by atoms with Gasteiger partial charge in [-0.2, -0.15) is 0 Å². The number of aromatic carboxylic acids is 1. The van der Waals surface area contributed by atoms with Gasteiger partial charge in [-0.05, 0) is 84.7 Å². The van der Waals surface area contributed by atoms with Crippen LogP contribution in [0.5, 0.6) is 11.5 Å². The number of hydrogen-bond acceptors (Lipinski definition) is 5.